The van der Waals surface area contributed by atoms with Crippen LogP contribution in [0.3, 0.4) is 0 Å². The Morgan fingerprint density at radius 3 is 2.88 bits per heavy atom. The first-order chi connectivity index (χ1) is 7.75. The van der Waals surface area contributed by atoms with Gasteiger partial charge in [-0.3, -0.25) is 4.99 Å². The Labute approximate surface area is 96.3 Å². The van der Waals surface area contributed by atoms with Gasteiger partial charge in [0.15, 0.2) is 5.96 Å². The van der Waals surface area contributed by atoms with Gasteiger partial charge in [-0.2, -0.15) is 0 Å². The first-order valence-corrected chi connectivity index (χ1v) is 5.54. The summed E-state index contributed by atoms with van der Waals surface area (Å²) in [6, 6.07) is 10.6. The topological polar surface area (TPSA) is 36.4 Å². The van der Waals surface area contributed by atoms with Crippen molar-refractivity contribution in [2.45, 2.75) is 13.0 Å². The molecule has 16 heavy (non-hydrogen) atoms. The summed E-state index contributed by atoms with van der Waals surface area (Å²) in [6.45, 7) is 7.75. The molecular weight excluding hydrogens is 198 g/mol. The number of hydrogen-bond donors (Lipinski definition) is 2. The fourth-order valence-electron chi connectivity index (χ4n) is 1.63. The van der Waals surface area contributed by atoms with Crippen LogP contribution < -0.4 is 10.6 Å². The smallest absolute Gasteiger partial charge is 0.191 e. The van der Waals surface area contributed by atoms with Crippen molar-refractivity contribution in [3.63, 3.8) is 0 Å². The van der Waals surface area contributed by atoms with Crippen molar-refractivity contribution in [3.8, 4) is 0 Å². The summed E-state index contributed by atoms with van der Waals surface area (Å²) in [6.07, 6.45) is 0. The van der Waals surface area contributed by atoms with Crippen molar-refractivity contribution >= 4 is 11.5 Å². The lowest BCUT2D eigenvalue weighted by Crippen LogP contribution is -2.38. The summed E-state index contributed by atoms with van der Waals surface area (Å²) in [4.78, 5) is 4.34. The highest BCUT2D eigenvalue weighted by molar-refractivity contribution is 5.83. The van der Waals surface area contributed by atoms with Crippen LogP contribution in [-0.2, 0) is 0 Å². The van der Waals surface area contributed by atoms with Gasteiger partial charge in [-0.25, -0.2) is 0 Å². The number of aliphatic imine (C=N–C) groups is 1. The minimum absolute atomic E-state index is 0.437. The van der Waals surface area contributed by atoms with Crippen LogP contribution in [-0.4, -0.2) is 25.1 Å². The van der Waals surface area contributed by atoms with E-state index in [1.54, 1.807) is 0 Å². The molecule has 1 heterocycles. The third kappa shape index (κ3) is 2.63. The van der Waals surface area contributed by atoms with Gasteiger partial charge >= 0.3 is 0 Å². The maximum absolute atomic E-state index is 4.34. The minimum Gasteiger partial charge on any atom is -0.352 e. The maximum Gasteiger partial charge on any atom is 0.191 e. The van der Waals surface area contributed by atoms with E-state index >= 15 is 0 Å². The third-order valence-electron chi connectivity index (χ3n) is 2.56. The van der Waals surface area contributed by atoms with Crippen molar-refractivity contribution in [3.05, 3.63) is 42.5 Å². The summed E-state index contributed by atoms with van der Waals surface area (Å²) in [5, 5.41) is 6.51. The summed E-state index contributed by atoms with van der Waals surface area (Å²) in [5.41, 5.74) is 2.24. The molecule has 0 amide bonds. The molecule has 0 radical (unpaired) electrons. The van der Waals surface area contributed by atoms with Gasteiger partial charge in [-0.15, -0.1) is 0 Å². The largest absolute Gasteiger partial charge is 0.352 e. The van der Waals surface area contributed by atoms with Crippen LogP contribution in [0.1, 0.15) is 12.5 Å². The second kappa shape index (κ2) is 4.84. The summed E-state index contributed by atoms with van der Waals surface area (Å²) in [7, 11) is 0. The zero-order chi connectivity index (χ0) is 11.4. The number of benzene rings is 1. The van der Waals surface area contributed by atoms with E-state index in [1.165, 1.54) is 5.56 Å². The van der Waals surface area contributed by atoms with E-state index in [4.69, 9.17) is 0 Å². The lowest BCUT2D eigenvalue weighted by molar-refractivity contribution is 0.718. The molecule has 1 aliphatic rings. The fourth-order valence-corrected chi connectivity index (χ4v) is 1.63. The molecule has 0 saturated carbocycles. The quantitative estimate of drug-likeness (QED) is 0.804. The molecule has 0 bridgehead atoms. The van der Waals surface area contributed by atoms with Crippen molar-refractivity contribution < 1.29 is 0 Å². The monoisotopic (exact) mass is 215 g/mol. The summed E-state index contributed by atoms with van der Waals surface area (Å²) >= 11 is 0. The molecule has 0 aliphatic carbocycles. The highest BCUT2D eigenvalue weighted by Crippen LogP contribution is 2.09. The number of nitrogens with one attached hydrogen (secondary N) is 2. The Balaban J connectivity index is 1.85. The van der Waals surface area contributed by atoms with Gasteiger partial charge in [0, 0.05) is 12.6 Å². The first-order valence-electron chi connectivity index (χ1n) is 5.54. The Bertz CT molecular complexity index is 395. The van der Waals surface area contributed by atoms with Crippen molar-refractivity contribution in [2.24, 2.45) is 4.99 Å². The van der Waals surface area contributed by atoms with Crippen LogP contribution in [0.5, 0.6) is 0 Å². The Kier molecular flexibility index (Phi) is 3.25. The van der Waals surface area contributed by atoms with Crippen LogP contribution in [0.15, 0.2) is 41.9 Å². The molecule has 0 fully saturated rings. The van der Waals surface area contributed by atoms with Crippen LogP contribution in [0, 0.1) is 0 Å². The number of rotatable bonds is 3. The molecule has 1 aliphatic heterocycles. The summed E-state index contributed by atoms with van der Waals surface area (Å²) in [5.74, 6) is 0.879. The van der Waals surface area contributed by atoms with Gasteiger partial charge in [-0.1, -0.05) is 36.9 Å². The molecule has 2 rings (SSSR count). The Hall–Kier alpha value is -1.77. The highest BCUT2D eigenvalue weighted by atomic mass is 15.2. The number of hydrogen-bond acceptors (Lipinski definition) is 3. The standard InChI is InChI=1S/C13H17N3/c1-10(12-6-4-3-5-7-12)8-14-13-15-9-11(2)16-13/h3-7,11H,1,8-9H2,2H3,(H2,14,15,16). The molecule has 1 aromatic carbocycles. The van der Waals surface area contributed by atoms with Crippen molar-refractivity contribution in [2.75, 3.05) is 13.1 Å². The third-order valence-corrected chi connectivity index (χ3v) is 2.56. The molecule has 1 unspecified atom stereocenters. The molecule has 3 heteroatoms. The predicted octanol–water partition coefficient (Wildman–Crippen LogP) is 1.64. The molecule has 1 aromatic rings. The molecule has 0 aromatic heterocycles. The Morgan fingerprint density at radius 1 is 1.50 bits per heavy atom. The first kappa shape index (κ1) is 10.7. The van der Waals surface area contributed by atoms with Gasteiger partial charge in [0.1, 0.15) is 0 Å². The van der Waals surface area contributed by atoms with Crippen LogP contribution in [0.25, 0.3) is 5.57 Å². The van der Waals surface area contributed by atoms with Gasteiger partial charge in [0.05, 0.1) is 6.54 Å². The molecule has 84 valence electrons. The molecule has 1 atom stereocenters. The van der Waals surface area contributed by atoms with Gasteiger partial charge in [-0.05, 0) is 18.1 Å². The van der Waals surface area contributed by atoms with E-state index in [-0.39, 0.29) is 0 Å². The van der Waals surface area contributed by atoms with Gasteiger partial charge < -0.3 is 10.6 Å². The Morgan fingerprint density at radius 2 is 2.25 bits per heavy atom. The second-order valence-corrected chi connectivity index (χ2v) is 4.06. The normalized spacial score (nSPS) is 18.8. The SMILES string of the molecule is C=C(CNC1=NCC(C)N1)c1ccccc1. The van der Waals surface area contributed by atoms with Gasteiger partial charge in [0.2, 0.25) is 0 Å². The van der Waals surface area contributed by atoms with E-state index in [9.17, 15) is 0 Å². The predicted molar refractivity (Wildman–Crippen MR) is 68.4 cm³/mol. The van der Waals surface area contributed by atoms with E-state index in [1.807, 2.05) is 18.2 Å². The lowest BCUT2D eigenvalue weighted by atomic mass is 10.1. The zero-order valence-corrected chi connectivity index (χ0v) is 9.53. The average Bonchev–Trinajstić information content (AvgIpc) is 2.73. The summed E-state index contributed by atoms with van der Waals surface area (Å²) < 4.78 is 0. The van der Waals surface area contributed by atoms with Crippen LogP contribution in [0.2, 0.25) is 0 Å². The molecule has 2 N–H and O–H groups in total. The number of guanidine groups is 1. The van der Waals surface area contributed by atoms with E-state index in [0.717, 1.165) is 24.6 Å². The fraction of sp³-hybridized carbons (Fsp3) is 0.308. The van der Waals surface area contributed by atoms with Crippen molar-refractivity contribution in [1.82, 2.24) is 10.6 Å². The average molecular weight is 215 g/mol. The van der Waals surface area contributed by atoms with Crippen molar-refractivity contribution in [1.29, 1.82) is 0 Å². The minimum atomic E-state index is 0.437. The van der Waals surface area contributed by atoms with Crippen LogP contribution in [0.4, 0.5) is 0 Å². The zero-order valence-electron chi connectivity index (χ0n) is 9.53. The highest BCUT2D eigenvalue weighted by Gasteiger charge is 2.11. The van der Waals surface area contributed by atoms with E-state index in [0.29, 0.717) is 6.04 Å². The molecule has 0 saturated heterocycles. The molecule has 0 spiro atoms. The lowest BCUT2D eigenvalue weighted by Gasteiger charge is -2.10. The molecule has 3 nitrogen and oxygen atoms in total. The number of nitrogens with zero attached hydrogens (tertiary/aromatic N) is 1. The van der Waals surface area contributed by atoms with E-state index < -0.39 is 0 Å². The van der Waals surface area contributed by atoms with Crippen LogP contribution >= 0.6 is 0 Å². The van der Waals surface area contributed by atoms with E-state index in [2.05, 4.69) is 41.3 Å². The van der Waals surface area contributed by atoms with Gasteiger partial charge in [0.25, 0.3) is 0 Å². The second-order valence-electron chi connectivity index (χ2n) is 4.06. The molecular formula is C13H17N3. The maximum atomic E-state index is 4.34.